The van der Waals surface area contributed by atoms with E-state index in [2.05, 4.69) is 16.4 Å². The summed E-state index contributed by atoms with van der Waals surface area (Å²) in [6.07, 6.45) is -0.324. The number of sulfonamides is 1. The number of nitrogens with zero attached hydrogens (tertiary/aromatic N) is 2. The number of amides is 1. The molecule has 2 aromatic carbocycles. The molecule has 7 nitrogen and oxygen atoms in total. The van der Waals surface area contributed by atoms with Crippen LogP contribution < -0.4 is 5.32 Å². The van der Waals surface area contributed by atoms with Crippen LogP contribution in [0.15, 0.2) is 41.3 Å². The first-order valence-electron chi connectivity index (χ1n) is 10.1. The van der Waals surface area contributed by atoms with Crippen molar-refractivity contribution in [3.05, 3.63) is 53.1 Å². The summed E-state index contributed by atoms with van der Waals surface area (Å²) in [6, 6.07) is 10.1. The van der Waals surface area contributed by atoms with E-state index in [1.165, 1.54) is 39.9 Å². The van der Waals surface area contributed by atoms with Crippen molar-refractivity contribution in [2.75, 3.05) is 18.4 Å². The van der Waals surface area contributed by atoms with E-state index in [0.717, 1.165) is 21.3 Å². The lowest BCUT2D eigenvalue weighted by Gasteiger charge is -2.34. The van der Waals surface area contributed by atoms with E-state index >= 15 is 0 Å². The molecule has 0 unspecified atom stereocenters. The van der Waals surface area contributed by atoms with Crippen LogP contribution in [0.25, 0.3) is 10.2 Å². The van der Waals surface area contributed by atoms with Gasteiger partial charge in [-0.1, -0.05) is 17.4 Å². The number of fused-ring (bicyclic) bond motifs is 1. The average Bonchev–Trinajstić information content (AvgIpc) is 3.10. The highest BCUT2D eigenvalue weighted by Gasteiger charge is 2.32. The third-order valence-corrected chi connectivity index (χ3v) is 8.15. The van der Waals surface area contributed by atoms with Crippen molar-refractivity contribution in [1.82, 2.24) is 9.29 Å². The number of carbonyl (C=O) groups is 1. The number of thiazole rings is 1. The van der Waals surface area contributed by atoms with Gasteiger partial charge in [0.25, 0.3) is 5.91 Å². The molecule has 0 bridgehead atoms. The Balaban J connectivity index is 1.51. The molecule has 1 aliphatic heterocycles. The van der Waals surface area contributed by atoms with Crippen molar-refractivity contribution >= 4 is 42.6 Å². The number of carbonyl (C=O) groups excluding carboxylic acids is 1. The molecule has 164 valence electrons. The Labute approximate surface area is 186 Å². The zero-order chi connectivity index (χ0) is 22.3. The van der Waals surface area contributed by atoms with Gasteiger partial charge in [0.15, 0.2) is 5.13 Å². The Bertz CT molecular complexity index is 1230. The largest absolute Gasteiger partial charge is 0.373 e. The second-order valence-corrected chi connectivity index (χ2v) is 10.9. The lowest BCUT2D eigenvalue weighted by molar-refractivity contribution is -0.0440. The molecule has 0 aliphatic carbocycles. The van der Waals surface area contributed by atoms with Crippen molar-refractivity contribution < 1.29 is 17.9 Å². The summed E-state index contributed by atoms with van der Waals surface area (Å²) < 4.78 is 34.0. The molecule has 3 aromatic rings. The molecule has 2 atom stereocenters. The molecule has 2 heterocycles. The SMILES string of the molecule is Cc1cc(C)c2sc(NC(=O)c3ccc(S(=O)(=O)N4C[C@H](C)O[C@@H](C)C4)cc3)nc2c1. The summed E-state index contributed by atoms with van der Waals surface area (Å²) in [4.78, 5) is 17.3. The van der Waals surface area contributed by atoms with Gasteiger partial charge >= 0.3 is 0 Å². The van der Waals surface area contributed by atoms with E-state index in [4.69, 9.17) is 4.74 Å². The topological polar surface area (TPSA) is 88.6 Å². The molecular formula is C22H25N3O4S2. The fourth-order valence-electron chi connectivity index (χ4n) is 3.85. The van der Waals surface area contributed by atoms with Crippen LogP contribution in [0.3, 0.4) is 0 Å². The molecule has 1 aromatic heterocycles. The van der Waals surface area contributed by atoms with Crippen LogP contribution in [0.4, 0.5) is 5.13 Å². The van der Waals surface area contributed by atoms with Gasteiger partial charge in [-0.3, -0.25) is 10.1 Å². The number of nitrogens with one attached hydrogen (secondary N) is 1. The molecule has 9 heteroatoms. The fraction of sp³-hybridized carbons (Fsp3) is 0.364. The Morgan fingerprint density at radius 1 is 1.13 bits per heavy atom. The molecule has 1 saturated heterocycles. The first-order chi connectivity index (χ1) is 14.6. The minimum absolute atomic E-state index is 0.162. The van der Waals surface area contributed by atoms with Crippen molar-refractivity contribution in [1.29, 1.82) is 0 Å². The number of hydrogen-bond donors (Lipinski definition) is 1. The quantitative estimate of drug-likeness (QED) is 0.638. The van der Waals surface area contributed by atoms with Crippen molar-refractivity contribution in [3.8, 4) is 0 Å². The highest BCUT2D eigenvalue weighted by atomic mass is 32.2. The Morgan fingerprint density at radius 3 is 2.42 bits per heavy atom. The summed E-state index contributed by atoms with van der Waals surface area (Å²) in [5.74, 6) is -0.328. The highest BCUT2D eigenvalue weighted by molar-refractivity contribution is 7.89. The standard InChI is InChI=1S/C22H25N3O4S2/c1-13-9-14(2)20-19(10-13)23-22(30-20)24-21(26)17-5-7-18(8-6-17)31(27,28)25-11-15(3)29-16(4)12-25/h5-10,15-16H,11-12H2,1-4H3,(H,23,24,26)/t15-,16-/m0/s1. The first-order valence-corrected chi connectivity index (χ1v) is 12.3. The van der Waals surface area contributed by atoms with Crippen LogP contribution in [0.1, 0.15) is 35.3 Å². The molecule has 1 N–H and O–H groups in total. The molecule has 1 fully saturated rings. The predicted octanol–water partition coefficient (Wildman–Crippen LogP) is 3.96. The highest BCUT2D eigenvalue weighted by Crippen LogP contribution is 2.30. The minimum Gasteiger partial charge on any atom is -0.373 e. The van der Waals surface area contributed by atoms with Gasteiger partial charge in [0.05, 0.1) is 27.3 Å². The van der Waals surface area contributed by atoms with Crippen LogP contribution in [-0.2, 0) is 14.8 Å². The van der Waals surface area contributed by atoms with Crippen LogP contribution in [0, 0.1) is 13.8 Å². The number of benzene rings is 2. The van der Waals surface area contributed by atoms with Crippen molar-refractivity contribution in [2.45, 2.75) is 44.8 Å². The second-order valence-electron chi connectivity index (χ2n) is 8.01. The number of hydrogen-bond acceptors (Lipinski definition) is 6. The Hall–Kier alpha value is -2.33. The van der Waals surface area contributed by atoms with E-state index in [9.17, 15) is 13.2 Å². The minimum atomic E-state index is -3.64. The lowest BCUT2D eigenvalue weighted by Crippen LogP contribution is -2.48. The maximum atomic E-state index is 13.0. The number of morpholine rings is 1. The average molecular weight is 460 g/mol. The van der Waals surface area contributed by atoms with Crippen LogP contribution >= 0.6 is 11.3 Å². The number of aromatic nitrogens is 1. The fourth-order valence-corrected chi connectivity index (χ4v) is 6.35. The maximum absolute atomic E-state index is 13.0. The number of anilines is 1. The number of rotatable bonds is 4. The molecule has 0 radical (unpaired) electrons. The first kappa shape index (κ1) is 21.9. The predicted molar refractivity (Wildman–Crippen MR) is 122 cm³/mol. The van der Waals surface area contributed by atoms with E-state index < -0.39 is 10.0 Å². The van der Waals surface area contributed by atoms with Gasteiger partial charge in [0.1, 0.15) is 0 Å². The van der Waals surface area contributed by atoms with E-state index in [1.807, 2.05) is 33.8 Å². The van der Waals surface area contributed by atoms with Crippen molar-refractivity contribution in [3.63, 3.8) is 0 Å². The molecule has 1 aliphatic rings. The van der Waals surface area contributed by atoms with Gasteiger partial charge in [-0.25, -0.2) is 13.4 Å². The van der Waals surface area contributed by atoms with Gasteiger partial charge in [0, 0.05) is 18.7 Å². The maximum Gasteiger partial charge on any atom is 0.257 e. The summed E-state index contributed by atoms with van der Waals surface area (Å²) in [7, 11) is -3.64. The summed E-state index contributed by atoms with van der Waals surface area (Å²) in [5, 5.41) is 3.34. The lowest BCUT2D eigenvalue weighted by atomic mass is 10.1. The Morgan fingerprint density at radius 2 is 1.77 bits per heavy atom. The zero-order valence-corrected chi connectivity index (χ0v) is 19.5. The monoisotopic (exact) mass is 459 g/mol. The van der Waals surface area contributed by atoms with Gasteiger partial charge in [0.2, 0.25) is 10.0 Å². The number of aryl methyl sites for hydroxylation is 2. The van der Waals surface area contributed by atoms with Crippen LogP contribution in [0.2, 0.25) is 0 Å². The molecule has 4 rings (SSSR count). The molecular weight excluding hydrogens is 434 g/mol. The van der Waals surface area contributed by atoms with Crippen molar-refractivity contribution in [2.24, 2.45) is 0 Å². The van der Waals surface area contributed by atoms with E-state index in [0.29, 0.717) is 23.8 Å². The third kappa shape index (κ3) is 4.50. The van der Waals surface area contributed by atoms with Gasteiger partial charge in [-0.15, -0.1) is 0 Å². The summed E-state index contributed by atoms with van der Waals surface area (Å²) >= 11 is 1.42. The second kappa shape index (κ2) is 8.31. The molecule has 0 saturated carbocycles. The van der Waals surface area contributed by atoms with E-state index in [-0.39, 0.29) is 23.0 Å². The van der Waals surface area contributed by atoms with Gasteiger partial charge in [-0.2, -0.15) is 4.31 Å². The molecule has 1 amide bonds. The zero-order valence-electron chi connectivity index (χ0n) is 17.9. The molecule has 0 spiro atoms. The third-order valence-electron chi connectivity index (χ3n) is 5.18. The normalized spacial score (nSPS) is 20.1. The molecule has 31 heavy (non-hydrogen) atoms. The van der Waals surface area contributed by atoms with Crippen LogP contribution in [-0.4, -0.2) is 48.9 Å². The smallest absolute Gasteiger partial charge is 0.257 e. The Kier molecular flexibility index (Phi) is 5.87. The van der Waals surface area contributed by atoms with Gasteiger partial charge < -0.3 is 4.74 Å². The summed E-state index contributed by atoms with van der Waals surface area (Å²) in [6.45, 7) is 8.37. The summed E-state index contributed by atoms with van der Waals surface area (Å²) in [5.41, 5.74) is 3.46. The van der Waals surface area contributed by atoms with Gasteiger partial charge in [-0.05, 0) is 69.2 Å². The van der Waals surface area contributed by atoms with E-state index in [1.54, 1.807) is 0 Å². The number of ether oxygens (including phenoxy) is 1. The van der Waals surface area contributed by atoms with Crippen LogP contribution in [0.5, 0.6) is 0 Å².